The molecule has 0 rings (SSSR count). The van der Waals surface area contributed by atoms with Gasteiger partial charge in [-0.05, 0) is 12.5 Å². The van der Waals surface area contributed by atoms with Crippen molar-refractivity contribution >= 4 is 6.21 Å². The SMILES string of the molecule is CCC(=CC=NO)C(C)[N+](=O)[O-]. The molecule has 5 heteroatoms. The van der Waals surface area contributed by atoms with Gasteiger partial charge in [-0.25, -0.2) is 0 Å². The maximum Gasteiger partial charge on any atom is 0.231 e. The van der Waals surface area contributed by atoms with E-state index in [0.717, 1.165) is 6.21 Å². The van der Waals surface area contributed by atoms with E-state index < -0.39 is 6.04 Å². The highest BCUT2D eigenvalue weighted by molar-refractivity contribution is 5.71. The molecular weight excluding hydrogens is 160 g/mol. The second kappa shape index (κ2) is 5.29. The van der Waals surface area contributed by atoms with Crippen LogP contribution in [0.25, 0.3) is 0 Å². The van der Waals surface area contributed by atoms with E-state index in [0.29, 0.717) is 12.0 Å². The number of hydrogen-bond acceptors (Lipinski definition) is 4. The molecule has 0 aliphatic rings. The van der Waals surface area contributed by atoms with Crippen LogP contribution in [-0.4, -0.2) is 22.4 Å². The zero-order valence-electron chi connectivity index (χ0n) is 7.10. The number of hydrogen-bond donors (Lipinski definition) is 1. The lowest BCUT2D eigenvalue weighted by Gasteiger charge is -2.04. The van der Waals surface area contributed by atoms with E-state index in [4.69, 9.17) is 5.21 Å². The van der Waals surface area contributed by atoms with Gasteiger partial charge in [0.25, 0.3) is 0 Å². The molecule has 12 heavy (non-hydrogen) atoms. The van der Waals surface area contributed by atoms with Crippen molar-refractivity contribution in [3.8, 4) is 0 Å². The minimum absolute atomic E-state index is 0.374. The summed E-state index contributed by atoms with van der Waals surface area (Å²) in [5.74, 6) is 0. The molecule has 0 aromatic heterocycles. The first-order chi connectivity index (χ1) is 5.63. The summed E-state index contributed by atoms with van der Waals surface area (Å²) >= 11 is 0. The van der Waals surface area contributed by atoms with Crippen LogP contribution in [0.1, 0.15) is 20.3 Å². The van der Waals surface area contributed by atoms with Crippen LogP contribution in [0.3, 0.4) is 0 Å². The van der Waals surface area contributed by atoms with Crippen LogP contribution in [-0.2, 0) is 0 Å². The van der Waals surface area contributed by atoms with Crippen LogP contribution in [0, 0.1) is 10.1 Å². The first-order valence-electron chi connectivity index (χ1n) is 3.63. The number of nitrogens with zero attached hydrogens (tertiary/aromatic N) is 2. The van der Waals surface area contributed by atoms with Crippen molar-refractivity contribution in [2.24, 2.45) is 5.16 Å². The zero-order valence-corrected chi connectivity index (χ0v) is 7.10. The van der Waals surface area contributed by atoms with Crippen LogP contribution < -0.4 is 0 Å². The molecule has 0 radical (unpaired) electrons. The first kappa shape index (κ1) is 10.6. The Kier molecular flexibility index (Phi) is 4.67. The third-order valence-corrected chi connectivity index (χ3v) is 1.62. The van der Waals surface area contributed by atoms with Gasteiger partial charge >= 0.3 is 0 Å². The predicted molar refractivity (Wildman–Crippen MR) is 45.1 cm³/mol. The Labute approximate surface area is 70.5 Å². The van der Waals surface area contributed by atoms with Crippen LogP contribution in [0.4, 0.5) is 0 Å². The molecule has 1 unspecified atom stereocenters. The van der Waals surface area contributed by atoms with Gasteiger partial charge in [0.1, 0.15) is 0 Å². The highest BCUT2D eigenvalue weighted by atomic mass is 16.6. The molecular formula is C7H12N2O3. The maximum absolute atomic E-state index is 10.3. The van der Waals surface area contributed by atoms with E-state index in [9.17, 15) is 10.1 Å². The van der Waals surface area contributed by atoms with Crippen LogP contribution >= 0.6 is 0 Å². The molecule has 0 aromatic rings. The average molecular weight is 172 g/mol. The van der Waals surface area contributed by atoms with E-state index in [-0.39, 0.29) is 4.92 Å². The smallest absolute Gasteiger partial charge is 0.231 e. The second-order valence-corrected chi connectivity index (χ2v) is 2.32. The van der Waals surface area contributed by atoms with Gasteiger partial charge in [0.05, 0.1) is 6.21 Å². The number of oxime groups is 1. The van der Waals surface area contributed by atoms with Gasteiger partial charge in [-0.2, -0.15) is 0 Å². The Hall–Kier alpha value is -1.39. The van der Waals surface area contributed by atoms with Gasteiger partial charge in [-0.1, -0.05) is 12.1 Å². The highest BCUT2D eigenvalue weighted by Crippen LogP contribution is 2.08. The van der Waals surface area contributed by atoms with Crippen molar-refractivity contribution in [1.29, 1.82) is 0 Å². The van der Waals surface area contributed by atoms with Gasteiger partial charge in [0.2, 0.25) is 6.04 Å². The molecule has 1 atom stereocenters. The molecule has 0 bridgehead atoms. The van der Waals surface area contributed by atoms with E-state index in [1.807, 2.05) is 6.92 Å². The summed E-state index contributed by atoms with van der Waals surface area (Å²) < 4.78 is 0. The van der Waals surface area contributed by atoms with Crippen LogP contribution in [0.5, 0.6) is 0 Å². The fraction of sp³-hybridized carbons (Fsp3) is 0.571. The Morgan fingerprint density at radius 1 is 1.83 bits per heavy atom. The van der Waals surface area contributed by atoms with Crippen molar-refractivity contribution in [3.05, 3.63) is 21.8 Å². The Morgan fingerprint density at radius 3 is 2.75 bits per heavy atom. The van der Waals surface area contributed by atoms with Gasteiger partial charge in [0.15, 0.2) is 0 Å². The molecule has 0 spiro atoms. The Balaban J connectivity index is 4.43. The Morgan fingerprint density at radius 2 is 2.42 bits per heavy atom. The quantitative estimate of drug-likeness (QED) is 0.302. The molecule has 0 saturated heterocycles. The lowest BCUT2D eigenvalue weighted by molar-refractivity contribution is -0.507. The summed E-state index contributed by atoms with van der Waals surface area (Å²) in [7, 11) is 0. The lowest BCUT2D eigenvalue weighted by Crippen LogP contribution is -2.17. The largest absolute Gasteiger partial charge is 0.411 e. The second-order valence-electron chi connectivity index (χ2n) is 2.32. The van der Waals surface area contributed by atoms with E-state index in [1.54, 1.807) is 0 Å². The molecule has 5 nitrogen and oxygen atoms in total. The standard InChI is InChI=1S/C7H12N2O3/c1-3-7(4-5-8-10)6(2)9(11)12/h4-6,10H,3H2,1-2H3. The molecule has 0 aliphatic heterocycles. The molecule has 0 heterocycles. The van der Waals surface area contributed by atoms with Crippen molar-refractivity contribution in [2.75, 3.05) is 0 Å². The summed E-state index contributed by atoms with van der Waals surface area (Å²) in [4.78, 5) is 9.95. The third-order valence-electron chi connectivity index (χ3n) is 1.62. The summed E-state index contributed by atoms with van der Waals surface area (Å²) in [5, 5.41) is 21.1. The Bertz CT molecular complexity index is 211. The maximum atomic E-state index is 10.3. The molecule has 0 aliphatic carbocycles. The normalized spacial score (nSPS) is 15.0. The van der Waals surface area contributed by atoms with Gasteiger partial charge in [-0.15, -0.1) is 0 Å². The third kappa shape index (κ3) is 3.14. The van der Waals surface area contributed by atoms with Crippen molar-refractivity contribution in [3.63, 3.8) is 0 Å². The molecule has 1 N–H and O–H groups in total. The molecule has 68 valence electrons. The zero-order chi connectivity index (χ0) is 9.56. The summed E-state index contributed by atoms with van der Waals surface area (Å²) in [6.45, 7) is 3.32. The highest BCUT2D eigenvalue weighted by Gasteiger charge is 2.16. The molecule has 0 fully saturated rings. The fourth-order valence-corrected chi connectivity index (χ4v) is 0.817. The fourth-order valence-electron chi connectivity index (χ4n) is 0.817. The van der Waals surface area contributed by atoms with Crippen molar-refractivity contribution in [2.45, 2.75) is 26.3 Å². The molecule has 0 saturated carbocycles. The van der Waals surface area contributed by atoms with Crippen molar-refractivity contribution in [1.82, 2.24) is 0 Å². The van der Waals surface area contributed by atoms with Crippen LogP contribution in [0.2, 0.25) is 0 Å². The van der Waals surface area contributed by atoms with E-state index >= 15 is 0 Å². The van der Waals surface area contributed by atoms with Crippen molar-refractivity contribution < 1.29 is 10.1 Å². The molecule has 0 amide bonds. The minimum atomic E-state index is -0.715. The van der Waals surface area contributed by atoms with E-state index in [1.165, 1.54) is 13.0 Å². The summed E-state index contributed by atoms with van der Waals surface area (Å²) in [5.41, 5.74) is 0.637. The number of allylic oxidation sites excluding steroid dienone is 1. The number of nitro groups is 1. The summed E-state index contributed by atoms with van der Waals surface area (Å²) in [6, 6.07) is -0.715. The minimum Gasteiger partial charge on any atom is -0.411 e. The molecule has 0 aromatic carbocycles. The van der Waals surface area contributed by atoms with E-state index in [2.05, 4.69) is 5.16 Å². The van der Waals surface area contributed by atoms with Gasteiger partial charge in [0, 0.05) is 17.4 Å². The van der Waals surface area contributed by atoms with Crippen LogP contribution in [0.15, 0.2) is 16.8 Å². The average Bonchev–Trinajstić information content (AvgIpc) is 2.05. The number of rotatable bonds is 4. The lowest BCUT2D eigenvalue weighted by atomic mass is 10.1. The van der Waals surface area contributed by atoms with Gasteiger partial charge < -0.3 is 5.21 Å². The predicted octanol–water partition coefficient (Wildman–Crippen LogP) is 1.45. The topological polar surface area (TPSA) is 75.7 Å². The summed E-state index contributed by atoms with van der Waals surface area (Å²) in [6.07, 6.45) is 3.17. The first-order valence-corrected chi connectivity index (χ1v) is 3.63. The monoisotopic (exact) mass is 172 g/mol. The van der Waals surface area contributed by atoms with Gasteiger partial charge in [-0.3, -0.25) is 10.1 Å².